The number of carbonyl (C=O) groups is 1. The monoisotopic (exact) mass is 214 g/mol. The molecule has 0 aromatic heterocycles. The number of carbonyl (C=O) groups excluding carboxylic acids is 1. The normalized spacial score (nSPS) is 17.1. The Hall–Kier alpha value is -2.20. The van der Waals surface area contributed by atoms with Gasteiger partial charge in [-0.05, 0) is 17.7 Å². The fourth-order valence-corrected chi connectivity index (χ4v) is 1.88. The van der Waals surface area contributed by atoms with Gasteiger partial charge >= 0.3 is 0 Å². The zero-order valence-electron chi connectivity index (χ0n) is 8.33. The van der Waals surface area contributed by atoms with E-state index in [1.54, 1.807) is 6.07 Å². The number of halogens is 1. The minimum absolute atomic E-state index is 0.0179. The largest absolute Gasteiger partial charge is 0.300 e. The van der Waals surface area contributed by atoms with Crippen molar-refractivity contribution in [1.82, 2.24) is 0 Å². The zero-order chi connectivity index (χ0) is 11.8. The van der Waals surface area contributed by atoms with Crippen LogP contribution in [0.1, 0.15) is 24.0 Å². The molecule has 16 heavy (non-hydrogen) atoms. The Kier molecular flexibility index (Phi) is 2.21. The summed E-state index contributed by atoms with van der Waals surface area (Å²) in [6.07, 6.45) is 0.306. The maximum absolute atomic E-state index is 13.1. The van der Waals surface area contributed by atoms with Crippen molar-refractivity contribution in [3.8, 4) is 12.1 Å². The van der Waals surface area contributed by atoms with Crippen LogP contribution in [0.4, 0.5) is 4.39 Å². The van der Waals surface area contributed by atoms with Crippen LogP contribution in [0.3, 0.4) is 0 Å². The lowest BCUT2D eigenvalue weighted by Gasteiger charge is -2.34. The van der Waals surface area contributed by atoms with Crippen LogP contribution in [-0.2, 0) is 10.2 Å². The first-order valence-corrected chi connectivity index (χ1v) is 4.74. The Morgan fingerprint density at radius 1 is 1.31 bits per heavy atom. The highest BCUT2D eigenvalue weighted by Gasteiger charge is 2.45. The third-order valence-electron chi connectivity index (χ3n) is 2.85. The lowest BCUT2D eigenvalue weighted by Crippen LogP contribution is -2.40. The minimum Gasteiger partial charge on any atom is -0.300 e. The van der Waals surface area contributed by atoms with Crippen molar-refractivity contribution in [2.45, 2.75) is 18.3 Å². The number of ketones is 1. The molecule has 0 heterocycles. The molecular formula is C12H7FN2O. The van der Waals surface area contributed by atoms with E-state index in [0.717, 1.165) is 6.07 Å². The molecule has 1 aromatic carbocycles. The van der Waals surface area contributed by atoms with Crippen molar-refractivity contribution < 1.29 is 9.18 Å². The van der Waals surface area contributed by atoms with Gasteiger partial charge in [-0.15, -0.1) is 0 Å². The summed E-state index contributed by atoms with van der Waals surface area (Å²) < 4.78 is 13.1. The van der Waals surface area contributed by atoms with Crippen LogP contribution < -0.4 is 0 Å². The van der Waals surface area contributed by atoms with E-state index in [0.29, 0.717) is 5.56 Å². The molecule has 0 amide bonds. The summed E-state index contributed by atoms with van der Waals surface area (Å²) in [4.78, 5) is 11.0. The molecule has 1 fully saturated rings. The second-order valence-electron chi connectivity index (χ2n) is 3.89. The van der Waals surface area contributed by atoms with E-state index in [2.05, 4.69) is 6.07 Å². The third-order valence-corrected chi connectivity index (χ3v) is 2.85. The van der Waals surface area contributed by atoms with E-state index in [9.17, 15) is 9.18 Å². The Morgan fingerprint density at radius 3 is 2.50 bits per heavy atom. The Labute approximate surface area is 91.7 Å². The fourth-order valence-electron chi connectivity index (χ4n) is 1.88. The molecule has 0 atom stereocenters. The zero-order valence-corrected chi connectivity index (χ0v) is 8.33. The average molecular weight is 214 g/mol. The molecule has 2 rings (SSSR count). The van der Waals surface area contributed by atoms with E-state index >= 15 is 0 Å². The second-order valence-corrected chi connectivity index (χ2v) is 3.89. The van der Waals surface area contributed by atoms with Gasteiger partial charge in [0.05, 0.1) is 17.0 Å². The molecule has 78 valence electrons. The Balaban J connectivity index is 2.46. The lowest BCUT2D eigenvalue weighted by molar-refractivity contribution is -0.126. The van der Waals surface area contributed by atoms with Crippen LogP contribution in [0.25, 0.3) is 0 Å². The molecule has 0 aliphatic heterocycles. The smallest absolute Gasteiger partial charge is 0.140 e. The quantitative estimate of drug-likeness (QED) is 0.716. The first kappa shape index (κ1) is 10.3. The summed E-state index contributed by atoms with van der Waals surface area (Å²) in [5.74, 6) is -0.589. The molecule has 1 aromatic rings. The predicted molar refractivity (Wildman–Crippen MR) is 52.6 cm³/mol. The highest BCUT2D eigenvalue weighted by molar-refractivity contribution is 5.90. The van der Waals surface area contributed by atoms with Crippen molar-refractivity contribution in [2.24, 2.45) is 0 Å². The molecule has 0 N–H and O–H groups in total. The minimum atomic E-state index is -0.851. The summed E-state index contributed by atoms with van der Waals surface area (Å²) in [7, 11) is 0. The van der Waals surface area contributed by atoms with Gasteiger partial charge in [-0.1, -0.05) is 6.07 Å². The molecule has 1 aliphatic rings. The predicted octanol–water partition coefficient (Wildman–Crippen LogP) is 1.82. The van der Waals surface area contributed by atoms with Crippen LogP contribution in [0.5, 0.6) is 0 Å². The first-order valence-electron chi connectivity index (χ1n) is 4.74. The second kappa shape index (κ2) is 3.43. The first-order chi connectivity index (χ1) is 7.61. The Bertz CT molecular complexity index is 543. The summed E-state index contributed by atoms with van der Waals surface area (Å²) in [6, 6.07) is 7.78. The molecule has 1 saturated carbocycles. The topological polar surface area (TPSA) is 64.7 Å². The number of Topliss-reactive ketones (excluding diaryl/α,β-unsaturated/α-hetero) is 1. The van der Waals surface area contributed by atoms with Crippen LogP contribution in [-0.4, -0.2) is 5.78 Å². The van der Waals surface area contributed by atoms with Gasteiger partial charge in [0.15, 0.2) is 0 Å². The van der Waals surface area contributed by atoms with Gasteiger partial charge in [-0.2, -0.15) is 10.5 Å². The van der Waals surface area contributed by atoms with Gasteiger partial charge in [-0.25, -0.2) is 4.39 Å². The van der Waals surface area contributed by atoms with E-state index in [4.69, 9.17) is 10.5 Å². The fraction of sp³-hybridized carbons (Fsp3) is 0.250. The number of rotatable bonds is 1. The average Bonchev–Trinajstić information content (AvgIpc) is 2.25. The molecule has 1 aliphatic carbocycles. The number of hydrogen-bond acceptors (Lipinski definition) is 3. The molecule has 4 heteroatoms. The van der Waals surface area contributed by atoms with Gasteiger partial charge in [0.1, 0.15) is 17.7 Å². The molecule has 0 unspecified atom stereocenters. The van der Waals surface area contributed by atoms with Crippen LogP contribution in [0.15, 0.2) is 18.2 Å². The molecule has 0 saturated heterocycles. The summed E-state index contributed by atoms with van der Waals surface area (Å²) >= 11 is 0. The van der Waals surface area contributed by atoms with Crippen molar-refractivity contribution in [1.29, 1.82) is 10.5 Å². The van der Waals surface area contributed by atoms with Crippen LogP contribution >= 0.6 is 0 Å². The van der Waals surface area contributed by atoms with Crippen molar-refractivity contribution >= 4 is 5.78 Å². The standard InChI is InChI=1S/C12H7FN2O/c13-11-2-1-9(3-8(11)6-14)12(7-15)4-10(16)5-12/h1-3H,4-5H2. The van der Waals surface area contributed by atoms with Crippen LogP contribution in [0, 0.1) is 28.5 Å². The summed E-state index contributed by atoms with van der Waals surface area (Å²) in [5, 5.41) is 17.7. The van der Waals surface area contributed by atoms with E-state index in [-0.39, 0.29) is 24.2 Å². The summed E-state index contributed by atoms with van der Waals surface area (Å²) in [6.45, 7) is 0. The van der Waals surface area contributed by atoms with Gasteiger partial charge < -0.3 is 0 Å². The number of benzene rings is 1. The number of nitriles is 2. The summed E-state index contributed by atoms with van der Waals surface area (Å²) in [5.41, 5.74) is -0.393. The number of hydrogen-bond donors (Lipinski definition) is 0. The molecule has 0 spiro atoms. The van der Waals surface area contributed by atoms with Crippen LogP contribution in [0.2, 0.25) is 0 Å². The highest BCUT2D eigenvalue weighted by Crippen LogP contribution is 2.41. The van der Waals surface area contributed by atoms with Gasteiger partial charge in [0.25, 0.3) is 0 Å². The van der Waals surface area contributed by atoms with E-state index in [1.807, 2.05) is 0 Å². The van der Waals surface area contributed by atoms with Gasteiger partial charge in [-0.3, -0.25) is 4.79 Å². The van der Waals surface area contributed by atoms with Gasteiger partial charge in [0.2, 0.25) is 0 Å². The molecule has 0 radical (unpaired) electrons. The van der Waals surface area contributed by atoms with E-state index in [1.165, 1.54) is 12.1 Å². The molecular weight excluding hydrogens is 207 g/mol. The maximum Gasteiger partial charge on any atom is 0.140 e. The van der Waals surface area contributed by atoms with Crippen molar-refractivity contribution in [3.63, 3.8) is 0 Å². The highest BCUT2D eigenvalue weighted by atomic mass is 19.1. The van der Waals surface area contributed by atoms with Crippen molar-refractivity contribution in [3.05, 3.63) is 35.1 Å². The van der Waals surface area contributed by atoms with Crippen molar-refractivity contribution in [2.75, 3.05) is 0 Å². The number of nitrogens with zero attached hydrogens (tertiary/aromatic N) is 2. The van der Waals surface area contributed by atoms with E-state index < -0.39 is 11.2 Å². The SMILES string of the molecule is N#Cc1cc(C2(C#N)CC(=O)C2)ccc1F. The van der Waals surface area contributed by atoms with Gasteiger partial charge in [0, 0.05) is 12.8 Å². The Morgan fingerprint density at radius 2 is 2.00 bits per heavy atom. The maximum atomic E-state index is 13.1. The molecule has 3 nitrogen and oxygen atoms in total. The third kappa shape index (κ3) is 1.36. The molecule has 0 bridgehead atoms. The lowest BCUT2D eigenvalue weighted by atomic mass is 9.64.